The number of benzene rings is 1. The van der Waals surface area contributed by atoms with Gasteiger partial charge in [-0.1, -0.05) is 6.07 Å². The fraction of sp³-hybridized carbons (Fsp3) is 0.292. The molecule has 0 unspecified atom stereocenters. The molecule has 1 aromatic carbocycles. The van der Waals surface area contributed by atoms with Crippen molar-refractivity contribution in [3.05, 3.63) is 78.3 Å². The lowest BCUT2D eigenvalue weighted by Gasteiger charge is -2.40. The number of alkyl halides is 2. The summed E-state index contributed by atoms with van der Waals surface area (Å²) >= 11 is 0. The molecule has 3 aromatic rings. The van der Waals surface area contributed by atoms with E-state index < -0.39 is 41.2 Å². The van der Waals surface area contributed by atoms with Crippen LogP contribution >= 0.6 is 0 Å². The average Bonchev–Trinajstić information content (AvgIpc) is 2.82. The fourth-order valence-corrected chi connectivity index (χ4v) is 3.83. The number of likely N-dealkylation sites (tertiary alicyclic amines) is 1. The molecule has 1 saturated heterocycles. The van der Waals surface area contributed by atoms with Crippen LogP contribution in [-0.2, 0) is 4.79 Å². The monoisotopic (exact) mass is 474 g/mol. The Hall–Kier alpha value is -3.53. The second-order valence-corrected chi connectivity index (χ2v) is 8.04. The summed E-state index contributed by atoms with van der Waals surface area (Å²) in [6.45, 7) is 1.72. The van der Waals surface area contributed by atoms with Crippen molar-refractivity contribution < 1.29 is 27.1 Å². The number of carbonyl (C=O) groups is 1. The number of para-hydroxylation sites is 1. The van der Waals surface area contributed by atoms with Crippen molar-refractivity contribution in [3.8, 4) is 11.5 Å². The first-order valence-corrected chi connectivity index (χ1v) is 10.6. The minimum atomic E-state index is -2.89. The van der Waals surface area contributed by atoms with Crippen LogP contribution in [0.1, 0.15) is 24.8 Å². The number of rotatable bonds is 6. The summed E-state index contributed by atoms with van der Waals surface area (Å²) in [4.78, 5) is 22.4. The number of hydrogen-bond donors (Lipinski definition) is 1. The van der Waals surface area contributed by atoms with Crippen molar-refractivity contribution in [2.24, 2.45) is 0 Å². The van der Waals surface area contributed by atoms with Crippen LogP contribution < -0.4 is 10.1 Å². The Labute approximate surface area is 193 Å². The number of nitrogens with zero attached hydrogens (tertiary/aromatic N) is 3. The van der Waals surface area contributed by atoms with Crippen LogP contribution in [0.3, 0.4) is 0 Å². The molecule has 2 atom stereocenters. The van der Waals surface area contributed by atoms with Gasteiger partial charge in [0.2, 0.25) is 5.91 Å². The Morgan fingerprint density at radius 1 is 1.15 bits per heavy atom. The number of nitrogens with one attached hydrogen (secondary N) is 1. The predicted octanol–water partition coefficient (Wildman–Crippen LogP) is 5.00. The molecule has 4 rings (SSSR count). The molecule has 3 heterocycles. The summed E-state index contributed by atoms with van der Waals surface area (Å²) in [5, 5.41) is 2.64. The number of ether oxygens (including phenoxy) is 1. The number of halogens is 4. The Morgan fingerprint density at radius 2 is 1.85 bits per heavy atom. The molecule has 10 heteroatoms. The molecule has 6 nitrogen and oxygen atoms in total. The van der Waals surface area contributed by atoms with Crippen LogP contribution in [0, 0.1) is 11.6 Å². The lowest BCUT2D eigenvalue weighted by atomic mass is 9.87. The molecule has 1 aliphatic heterocycles. The van der Waals surface area contributed by atoms with Crippen molar-refractivity contribution in [2.45, 2.75) is 31.2 Å². The quantitative estimate of drug-likeness (QED) is 0.510. The van der Waals surface area contributed by atoms with Crippen LogP contribution in [0.5, 0.6) is 11.5 Å². The highest BCUT2D eigenvalue weighted by Gasteiger charge is 2.46. The van der Waals surface area contributed by atoms with Crippen LogP contribution in [0.15, 0.2) is 61.1 Å². The van der Waals surface area contributed by atoms with Crippen molar-refractivity contribution in [1.29, 1.82) is 0 Å². The molecule has 2 aromatic heterocycles. The number of anilines is 1. The lowest BCUT2D eigenvalue weighted by Crippen LogP contribution is -2.52. The van der Waals surface area contributed by atoms with Crippen molar-refractivity contribution >= 4 is 11.7 Å². The topological polar surface area (TPSA) is 67.3 Å². The van der Waals surface area contributed by atoms with E-state index in [1.807, 2.05) is 0 Å². The Balaban J connectivity index is 1.39. The van der Waals surface area contributed by atoms with E-state index in [0.717, 1.165) is 12.1 Å². The van der Waals surface area contributed by atoms with Gasteiger partial charge in [-0.3, -0.25) is 14.7 Å². The average molecular weight is 474 g/mol. The highest BCUT2D eigenvalue weighted by Crippen LogP contribution is 2.40. The van der Waals surface area contributed by atoms with Crippen molar-refractivity contribution in [1.82, 2.24) is 14.9 Å². The molecule has 1 N–H and O–H groups in total. The zero-order valence-corrected chi connectivity index (χ0v) is 18.2. The smallest absolute Gasteiger partial charge is 0.257 e. The van der Waals surface area contributed by atoms with E-state index in [0.29, 0.717) is 5.56 Å². The molecule has 0 bridgehead atoms. The summed E-state index contributed by atoms with van der Waals surface area (Å²) in [6.07, 6.45) is 3.79. The van der Waals surface area contributed by atoms with E-state index in [9.17, 15) is 22.4 Å². The molecule has 0 aliphatic carbocycles. The molecule has 1 aliphatic rings. The highest BCUT2D eigenvalue weighted by atomic mass is 19.3. The van der Waals surface area contributed by atoms with Gasteiger partial charge in [-0.25, -0.2) is 22.5 Å². The predicted molar refractivity (Wildman–Crippen MR) is 117 cm³/mol. The minimum absolute atomic E-state index is 0.0139. The second kappa shape index (κ2) is 9.76. The molecule has 34 heavy (non-hydrogen) atoms. The fourth-order valence-electron chi connectivity index (χ4n) is 3.83. The van der Waals surface area contributed by atoms with Gasteiger partial charge in [-0.2, -0.15) is 0 Å². The van der Waals surface area contributed by atoms with Crippen LogP contribution in [0.4, 0.5) is 23.4 Å². The molecule has 0 radical (unpaired) electrons. The standard InChI is InChI=1S/C24H22F4N4O2/c1-15(32-12-9-24(27,28)18(14-32)16-7-10-29-11-8-16)23(33)31-21-6-5-17(13-30-21)34-22-19(25)3-2-4-20(22)26/h2-8,10-11,13,15,18H,9,12,14H2,1H3,(H,30,31,33)/t15-,18+/m0/s1. The van der Waals surface area contributed by atoms with Crippen LogP contribution in [-0.4, -0.2) is 45.8 Å². The second-order valence-electron chi connectivity index (χ2n) is 8.04. The van der Waals surface area contributed by atoms with E-state index in [1.54, 1.807) is 24.0 Å². The molecule has 0 spiro atoms. The maximum absolute atomic E-state index is 14.6. The van der Waals surface area contributed by atoms with Gasteiger partial charge in [0.25, 0.3) is 5.92 Å². The summed E-state index contributed by atoms with van der Waals surface area (Å²) in [6, 6.07) is 8.61. The zero-order valence-electron chi connectivity index (χ0n) is 18.2. The first-order chi connectivity index (χ1) is 16.2. The maximum atomic E-state index is 14.6. The molecule has 1 fully saturated rings. The van der Waals surface area contributed by atoms with Gasteiger partial charge in [0.15, 0.2) is 17.4 Å². The van der Waals surface area contributed by atoms with Gasteiger partial charge in [0.1, 0.15) is 11.6 Å². The number of carbonyl (C=O) groups excluding carboxylic acids is 1. The summed E-state index contributed by atoms with van der Waals surface area (Å²) < 4.78 is 61.8. The third-order valence-electron chi connectivity index (χ3n) is 5.82. The number of pyridine rings is 2. The van der Waals surface area contributed by atoms with Crippen LogP contribution in [0.2, 0.25) is 0 Å². The number of aromatic nitrogens is 2. The minimum Gasteiger partial charge on any atom is -0.450 e. The van der Waals surface area contributed by atoms with Gasteiger partial charge < -0.3 is 10.1 Å². The first-order valence-electron chi connectivity index (χ1n) is 10.6. The number of hydrogen-bond acceptors (Lipinski definition) is 5. The summed E-state index contributed by atoms with van der Waals surface area (Å²) in [5.74, 6) is -6.36. The van der Waals surface area contributed by atoms with Gasteiger partial charge in [-0.05, 0) is 48.9 Å². The van der Waals surface area contributed by atoms with E-state index >= 15 is 0 Å². The van der Waals surface area contributed by atoms with E-state index in [4.69, 9.17) is 4.74 Å². The number of piperidine rings is 1. The van der Waals surface area contributed by atoms with Crippen LogP contribution in [0.25, 0.3) is 0 Å². The van der Waals surface area contributed by atoms with Gasteiger partial charge in [0.05, 0.1) is 18.2 Å². The number of amides is 1. The maximum Gasteiger partial charge on any atom is 0.257 e. The largest absolute Gasteiger partial charge is 0.450 e. The molecule has 0 saturated carbocycles. The third kappa shape index (κ3) is 5.17. The molecular weight excluding hydrogens is 452 g/mol. The first kappa shape index (κ1) is 23.6. The lowest BCUT2D eigenvalue weighted by molar-refractivity contribution is -0.125. The summed E-state index contributed by atoms with van der Waals surface area (Å²) in [7, 11) is 0. The highest BCUT2D eigenvalue weighted by molar-refractivity contribution is 5.93. The summed E-state index contributed by atoms with van der Waals surface area (Å²) in [5.41, 5.74) is 0.473. The molecular formula is C24H22F4N4O2. The van der Waals surface area contributed by atoms with Gasteiger partial charge in [-0.15, -0.1) is 0 Å². The Kier molecular flexibility index (Phi) is 6.78. The van der Waals surface area contributed by atoms with Gasteiger partial charge >= 0.3 is 0 Å². The normalized spacial score (nSPS) is 18.8. The van der Waals surface area contributed by atoms with E-state index in [1.165, 1.54) is 36.8 Å². The Bertz CT molecular complexity index is 1130. The molecule has 1 amide bonds. The van der Waals surface area contributed by atoms with Crippen molar-refractivity contribution in [3.63, 3.8) is 0 Å². The third-order valence-corrected chi connectivity index (χ3v) is 5.82. The van der Waals surface area contributed by atoms with Crippen molar-refractivity contribution in [2.75, 3.05) is 18.4 Å². The Morgan fingerprint density at radius 3 is 2.50 bits per heavy atom. The van der Waals surface area contributed by atoms with Gasteiger partial charge in [0, 0.05) is 31.9 Å². The van der Waals surface area contributed by atoms with E-state index in [-0.39, 0.29) is 31.1 Å². The molecule has 178 valence electrons. The van der Waals surface area contributed by atoms with E-state index in [2.05, 4.69) is 15.3 Å². The SMILES string of the molecule is C[C@@H](C(=O)Nc1ccc(Oc2c(F)cccc2F)cn1)N1CCC(F)(F)[C@@H](c2ccncc2)C1. The zero-order chi connectivity index (χ0) is 24.3.